The number of carboxylic acid groups (broad SMARTS) is 1. The molecule has 1 aromatic heterocycles. The summed E-state index contributed by atoms with van der Waals surface area (Å²) in [4.78, 5) is 28.5. The fraction of sp³-hybridized carbons (Fsp3) is 0.462. The van der Waals surface area contributed by atoms with Crippen molar-refractivity contribution >= 4 is 11.9 Å². The number of nitrogens with zero attached hydrogens (tertiary/aromatic N) is 2. The number of amides is 1. The third kappa shape index (κ3) is 3.29. The van der Waals surface area contributed by atoms with Gasteiger partial charge in [0.2, 0.25) is 0 Å². The highest BCUT2D eigenvalue weighted by Gasteiger charge is 2.19. The molecule has 0 bridgehead atoms. The highest BCUT2D eigenvalue weighted by atomic mass is 16.4. The monoisotopic (exact) mass is 250 g/mol. The molecule has 0 aromatic carbocycles. The molecule has 0 aliphatic heterocycles. The molecule has 1 heterocycles. The molecule has 0 spiro atoms. The lowest BCUT2D eigenvalue weighted by Crippen LogP contribution is -2.37. The van der Waals surface area contributed by atoms with Crippen LogP contribution in [0.15, 0.2) is 18.3 Å². The van der Waals surface area contributed by atoms with E-state index in [2.05, 4.69) is 4.98 Å². The van der Waals surface area contributed by atoms with Crippen molar-refractivity contribution in [1.82, 2.24) is 9.88 Å². The van der Waals surface area contributed by atoms with E-state index in [1.54, 1.807) is 11.0 Å². The summed E-state index contributed by atoms with van der Waals surface area (Å²) >= 11 is 0. The maximum absolute atomic E-state index is 12.3. The molecule has 0 saturated carbocycles. The Kier molecular flexibility index (Phi) is 4.83. The molecule has 0 atom stereocenters. The number of pyridine rings is 1. The van der Waals surface area contributed by atoms with Crippen LogP contribution in [0.2, 0.25) is 0 Å². The fourth-order valence-corrected chi connectivity index (χ4v) is 1.68. The van der Waals surface area contributed by atoms with E-state index >= 15 is 0 Å². The molecule has 0 aliphatic carbocycles. The number of rotatable bonds is 5. The summed E-state index contributed by atoms with van der Waals surface area (Å²) in [7, 11) is 0. The number of aromatic carboxylic acids is 1. The fourth-order valence-electron chi connectivity index (χ4n) is 1.68. The lowest BCUT2D eigenvalue weighted by molar-refractivity contribution is 0.0690. The number of hydrogen-bond donors (Lipinski definition) is 1. The maximum atomic E-state index is 12.3. The van der Waals surface area contributed by atoms with E-state index in [0.717, 1.165) is 6.42 Å². The smallest absolute Gasteiger partial charge is 0.354 e. The van der Waals surface area contributed by atoms with Crippen LogP contribution in [0.3, 0.4) is 0 Å². The van der Waals surface area contributed by atoms with Crippen molar-refractivity contribution in [3.05, 3.63) is 29.6 Å². The predicted octanol–water partition coefficient (Wildman–Crippen LogP) is 2.04. The van der Waals surface area contributed by atoms with Crippen molar-refractivity contribution in [1.29, 1.82) is 0 Å². The third-order valence-electron chi connectivity index (χ3n) is 2.57. The molecule has 5 nitrogen and oxygen atoms in total. The predicted molar refractivity (Wildman–Crippen MR) is 67.7 cm³/mol. The van der Waals surface area contributed by atoms with Gasteiger partial charge in [-0.3, -0.25) is 4.79 Å². The van der Waals surface area contributed by atoms with Gasteiger partial charge in [0.15, 0.2) is 0 Å². The number of carboxylic acids is 1. The summed E-state index contributed by atoms with van der Waals surface area (Å²) < 4.78 is 0. The van der Waals surface area contributed by atoms with Crippen molar-refractivity contribution in [3.63, 3.8) is 0 Å². The molecule has 0 aliphatic rings. The van der Waals surface area contributed by atoms with Crippen LogP contribution >= 0.6 is 0 Å². The van der Waals surface area contributed by atoms with E-state index in [0.29, 0.717) is 12.1 Å². The van der Waals surface area contributed by atoms with Gasteiger partial charge in [-0.15, -0.1) is 0 Å². The van der Waals surface area contributed by atoms with Gasteiger partial charge in [0.1, 0.15) is 5.69 Å². The van der Waals surface area contributed by atoms with E-state index in [1.165, 1.54) is 12.3 Å². The lowest BCUT2D eigenvalue weighted by atomic mass is 10.1. The molecule has 0 unspecified atom stereocenters. The maximum Gasteiger partial charge on any atom is 0.354 e. The van der Waals surface area contributed by atoms with Gasteiger partial charge in [0.05, 0.1) is 0 Å². The van der Waals surface area contributed by atoms with Crippen LogP contribution in [0, 0.1) is 0 Å². The van der Waals surface area contributed by atoms with Crippen molar-refractivity contribution in [2.24, 2.45) is 0 Å². The van der Waals surface area contributed by atoms with Crippen molar-refractivity contribution in [2.45, 2.75) is 33.2 Å². The first-order valence-corrected chi connectivity index (χ1v) is 5.97. The van der Waals surface area contributed by atoms with Crippen molar-refractivity contribution < 1.29 is 14.7 Å². The molecule has 98 valence electrons. The first kappa shape index (κ1) is 14.2. The van der Waals surface area contributed by atoms with Crippen LogP contribution < -0.4 is 0 Å². The van der Waals surface area contributed by atoms with Gasteiger partial charge in [-0.2, -0.15) is 0 Å². The second kappa shape index (κ2) is 6.14. The number of aromatic nitrogens is 1. The van der Waals surface area contributed by atoms with Gasteiger partial charge >= 0.3 is 5.97 Å². The van der Waals surface area contributed by atoms with Gasteiger partial charge < -0.3 is 10.0 Å². The Hall–Kier alpha value is -1.91. The zero-order valence-corrected chi connectivity index (χ0v) is 10.9. The van der Waals surface area contributed by atoms with E-state index in [9.17, 15) is 9.59 Å². The summed E-state index contributed by atoms with van der Waals surface area (Å²) in [6, 6.07) is 2.94. The first-order chi connectivity index (χ1) is 8.47. The van der Waals surface area contributed by atoms with Crippen LogP contribution in [0.25, 0.3) is 0 Å². The summed E-state index contributed by atoms with van der Waals surface area (Å²) in [5, 5.41) is 8.85. The van der Waals surface area contributed by atoms with Gasteiger partial charge in [0.25, 0.3) is 5.91 Å². The minimum Gasteiger partial charge on any atom is -0.477 e. The lowest BCUT2D eigenvalue weighted by Gasteiger charge is -2.26. The summed E-state index contributed by atoms with van der Waals surface area (Å²) in [6.07, 6.45) is 2.21. The molecule has 1 rings (SSSR count). The Morgan fingerprint density at radius 1 is 1.44 bits per heavy atom. The van der Waals surface area contributed by atoms with E-state index in [-0.39, 0.29) is 17.6 Å². The molecular weight excluding hydrogens is 232 g/mol. The molecule has 18 heavy (non-hydrogen) atoms. The summed E-state index contributed by atoms with van der Waals surface area (Å²) in [5.41, 5.74) is 0.255. The Balaban J connectivity index is 3.01. The van der Waals surface area contributed by atoms with Crippen molar-refractivity contribution in [3.8, 4) is 0 Å². The SMILES string of the molecule is CCCN(C(=O)c1ccnc(C(=O)O)c1)C(C)C. The molecule has 5 heteroatoms. The second-order valence-corrected chi connectivity index (χ2v) is 4.33. The quantitative estimate of drug-likeness (QED) is 0.868. The van der Waals surface area contributed by atoms with Crippen LogP contribution in [-0.4, -0.2) is 39.5 Å². The van der Waals surface area contributed by atoms with E-state index in [4.69, 9.17) is 5.11 Å². The number of hydrogen-bond acceptors (Lipinski definition) is 3. The zero-order chi connectivity index (χ0) is 13.7. The third-order valence-corrected chi connectivity index (χ3v) is 2.57. The number of carbonyl (C=O) groups is 2. The second-order valence-electron chi connectivity index (χ2n) is 4.33. The Labute approximate surface area is 106 Å². The molecule has 0 fully saturated rings. The Bertz CT molecular complexity index is 444. The van der Waals surface area contributed by atoms with Crippen LogP contribution in [0.4, 0.5) is 0 Å². The number of carbonyl (C=O) groups excluding carboxylic acids is 1. The molecule has 1 aromatic rings. The average molecular weight is 250 g/mol. The molecule has 1 N–H and O–H groups in total. The Morgan fingerprint density at radius 3 is 2.61 bits per heavy atom. The molecule has 1 amide bonds. The zero-order valence-electron chi connectivity index (χ0n) is 10.9. The minimum atomic E-state index is -1.13. The largest absolute Gasteiger partial charge is 0.477 e. The normalized spacial score (nSPS) is 10.4. The topological polar surface area (TPSA) is 70.5 Å². The van der Waals surface area contributed by atoms with Crippen LogP contribution in [0.1, 0.15) is 48.0 Å². The average Bonchev–Trinajstić information content (AvgIpc) is 2.35. The first-order valence-electron chi connectivity index (χ1n) is 5.97. The molecular formula is C13H18N2O3. The minimum absolute atomic E-state index is 0.0823. The molecule has 0 saturated heterocycles. The van der Waals surface area contributed by atoms with Crippen LogP contribution in [-0.2, 0) is 0 Å². The van der Waals surface area contributed by atoms with E-state index < -0.39 is 5.97 Å². The van der Waals surface area contributed by atoms with Gasteiger partial charge in [-0.05, 0) is 32.4 Å². The van der Waals surface area contributed by atoms with Gasteiger partial charge in [0, 0.05) is 24.3 Å². The van der Waals surface area contributed by atoms with Crippen LogP contribution in [0.5, 0.6) is 0 Å². The highest BCUT2D eigenvalue weighted by Crippen LogP contribution is 2.10. The standard InChI is InChI=1S/C13H18N2O3/c1-4-7-15(9(2)3)12(16)10-5-6-14-11(8-10)13(17)18/h5-6,8-9H,4,7H2,1-3H3,(H,17,18). The molecule has 0 radical (unpaired) electrons. The highest BCUT2D eigenvalue weighted by molar-refractivity contribution is 5.96. The Morgan fingerprint density at radius 2 is 2.11 bits per heavy atom. The van der Waals surface area contributed by atoms with Gasteiger partial charge in [-0.1, -0.05) is 6.92 Å². The van der Waals surface area contributed by atoms with E-state index in [1.807, 2.05) is 20.8 Å². The van der Waals surface area contributed by atoms with Gasteiger partial charge in [-0.25, -0.2) is 9.78 Å². The van der Waals surface area contributed by atoms with Crippen molar-refractivity contribution in [2.75, 3.05) is 6.54 Å². The summed E-state index contributed by atoms with van der Waals surface area (Å²) in [6.45, 7) is 6.53. The summed E-state index contributed by atoms with van der Waals surface area (Å²) in [5.74, 6) is -1.28.